The van der Waals surface area contributed by atoms with Crippen LogP contribution in [0.15, 0.2) is 18.2 Å². The topological polar surface area (TPSA) is 96.7 Å². The molecule has 1 spiro atoms. The number of carbonyl (C=O) groups excluding carboxylic acids is 2. The molecule has 2 aliphatic carbocycles. The standard InChI is InChI=1S/C27H36N4O3/c28-17-20-16-21(29-25(33)19-4-1-2-5-19)6-11-24(20)30-14-3-12-27(18-30)13-15-31(26(27)34)22-7-9-23(32)10-8-22/h6,11,16,19,22-23,32H,1-5,7-10,12-15,18H2,(H,29,33). The molecule has 4 aliphatic rings. The van der Waals surface area contributed by atoms with Gasteiger partial charge in [-0.15, -0.1) is 0 Å². The minimum Gasteiger partial charge on any atom is -0.393 e. The number of aliphatic hydroxyl groups excluding tert-OH is 1. The summed E-state index contributed by atoms with van der Waals surface area (Å²) >= 11 is 0. The third-order valence-corrected chi connectivity index (χ3v) is 8.68. The van der Waals surface area contributed by atoms with Gasteiger partial charge in [-0.3, -0.25) is 9.59 Å². The van der Waals surface area contributed by atoms with Gasteiger partial charge in [-0.2, -0.15) is 5.26 Å². The average Bonchev–Trinajstić information content (AvgIpc) is 3.49. The number of amides is 2. The summed E-state index contributed by atoms with van der Waals surface area (Å²) in [6, 6.07) is 8.17. The summed E-state index contributed by atoms with van der Waals surface area (Å²) in [6.07, 6.45) is 9.90. The molecule has 1 aromatic rings. The molecular weight excluding hydrogens is 428 g/mol. The third kappa shape index (κ3) is 4.40. The van der Waals surface area contributed by atoms with Gasteiger partial charge >= 0.3 is 0 Å². The zero-order valence-corrected chi connectivity index (χ0v) is 20.0. The highest BCUT2D eigenvalue weighted by Crippen LogP contribution is 2.44. The van der Waals surface area contributed by atoms with Crippen molar-refractivity contribution in [3.05, 3.63) is 23.8 Å². The number of hydrogen-bond donors (Lipinski definition) is 2. The predicted octanol–water partition coefficient (Wildman–Crippen LogP) is 3.81. The molecule has 34 heavy (non-hydrogen) atoms. The molecule has 2 N–H and O–H groups in total. The molecule has 0 radical (unpaired) electrons. The maximum atomic E-state index is 13.6. The van der Waals surface area contributed by atoms with E-state index in [1.807, 2.05) is 12.1 Å². The first-order chi connectivity index (χ1) is 16.5. The Bertz CT molecular complexity index is 975. The van der Waals surface area contributed by atoms with E-state index < -0.39 is 0 Å². The van der Waals surface area contributed by atoms with E-state index in [2.05, 4.69) is 21.2 Å². The molecule has 0 bridgehead atoms. The van der Waals surface area contributed by atoms with Crippen molar-refractivity contribution < 1.29 is 14.7 Å². The van der Waals surface area contributed by atoms with Gasteiger partial charge in [0.15, 0.2) is 0 Å². The van der Waals surface area contributed by atoms with Crippen molar-refractivity contribution in [1.29, 1.82) is 5.26 Å². The fraction of sp³-hybridized carbons (Fsp3) is 0.667. The van der Waals surface area contributed by atoms with Crippen molar-refractivity contribution >= 4 is 23.2 Å². The van der Waals surface area contributed by atoms with Gasteiger partial charge in [-0.05, 0) is 76.0 Å². The number of rotatable bonds is 4. The molecule has 7 heteroatoms. The Balaban J connectivity index is 1.29. The predicted molar refractivity (Wildman–Crippen MR) is 130 cm³/mol. The van der Waals surface area contributed by atoms with E-state index in [9.17, 15) is 20.0 Å². The first kappa shape index (κ1) is 23.2. The number of likely N-dealkylation sites (tertiary alicyclic amines) is 1. The Labute approximate surface area is 202 Å². The van der Waals surface area contributed by atoms with Crippen molar-refractivity contribution in [2.24, 2.45) is 11.3 Å². The van der Waals surface area contributed by atoms with Crippen LogP contribution in [-0.2, 0) is 9.59 Å². The molecule has 1 atom stereocenters. The van der Waals surface area contributed by atoms with Crippen LogP contribution in [0.25, 0.3) is 0 Å². The van der Waals surface area contributed by atoms with Crippen molar-refractivity contribution in [1.82, 2.24) is 4.90 Å². The first-order valence-electron chi connectivity index (χ1n) is 13.1. The van der Waals surface area contributed by atoms with Gasteiger partial charge in [0.2, 0.25) is 11.8 Å². The maximum Gasteiger partial charge on any atom is 0.230 e. The maximum absolute atomic E-state index is 13.6. The van der Waals surface area contributed by atoms with Crippen LogP contribution in [0.5, 0.6) is 0 Å². The number of nitriles is 1. The number of hydrogen-bond acceptors (Lipinski definition) is 5. The van der Waals surface area contributed by atoms with E-state index in [1.54, 1.807) is 6.07 Å². The molecule has 0 aromatic heterocycles. The number of nitrogens with zero attached hydrogens (tertiary/aromatic N) is 3. The normalized spacial score (nSPS) is 30.1. The van der Waals surface area contributed by atoms with Crippen LogP contribution in [0.2, 0.25) is 0 Å². The van der Waals surface area contributed by atoms with Crippen molar-refractivity contribution in [2.75, 3.05) is 29.9 Å². The van der Waals surface area contributed by atoms with Gasteiger partial charge in [-0.25, -0.2) is 0 Å². The smallest absolute Gasteiger partial charge is 0.230 e. The zero-order chi connectivity index (χ0) is 23.7. The fourth-order valence-corrected chi connectivity index (χ4v) is 6.69. The van der Waals surface area contributed by atoms with E-state index in [0.29, 0.717) is 17.8 Å². The highest BCUT2D eigenvalue weighted by molar-refractivity contribution is 5.93. The van der Waals surface area contributed by atoms with Gasteiger partial charge < -0.3 is 20.2 Å². The highest BCUT2D eigenvalue weighted by Gasteiger charge is 2.50. The van der Waals surface area contributed by atoms with Crippen LogP contribution in [0.3, 0.4) is 0 Å². The van der Waals surface area contributed by atoms with Crippen LogP contribution in [0.1, 0.15) is 76.2 Å². The second kappa shape index (κ2) is 9.58. The highest BCUT2D eigenvalue weighted by atomic mass is 16.3. The molecule has 7 nitrogen and oxygen atoms in total. The van der Waals surface area contributed by atoms with Crippen LogP contribution < -0.4 is 10.2 Å². The number of anilines is 2. The minimum absolute atomic E-state index is 0.0536. The van der Waals surface area contributed by atoms with E-state index in [-0.39, 0.29) is 35.3 Å². The average molecular weight is 465 g/mol. The van der Waals surface area contributed by atoms with Gasteiger partial charge in [0, 0.05) is 37.3 Å². The Kier molecular flexibility index (Phi) is 6.52. The molecule has 1 unspecified atom stereocenters. The summed E-state index contributed by atoms with van der Waals surface area (Å²) in [5.74, 6) is 0.395. The molecule has 5 rings (SSSR count). The number of nitrogens with one attached hydrogen (secondary N) is 1. The van der Waals surface area contributed by atoms with Gasteiger partial charge in [-0.1, -0.05) is 12.8 Å². The van der Waals surface area contributed by atoms with Crippen LogP contribution >= 0.6 is 0 Å². The second-order valence-corrected chi connectivity index (χ2v) is 10.8. The molecule has 182 valence electrons. The number of benzene rings is 1. The molecule has 2 saturated heterocycles. The zero-order valence-electron chi connectivity index (χ0n) is 20.0. The molecule has 2 heterocycles. The summed E-state index contributed by atoms with van der Waals surface area (Å²) in [5, 5.41) is 22.7. The summed E-state index contributed by atoms with van der Waals surface area (Å²) in [6.45, 7) is 2.26. The lowest BCUT2D eigenvalue weighted by Crippen LogP contribution is -2.50. The lowest BCUT2D eigenvalue weighted by atomic mass is 9.78. The Hall–Kier alpha value is -2.59. The number of carbonyl (C=O) groups is 2. The molecule has 2 aliphatic heterocycles. The van der Waals surface area contributed by atoms with E-state index >= 15 is 0 Å². The van der Waals surface area contributed by atoms with Crippen molar-refractivity contribution in [3.8, 4) is 6.07 Å². The van der Waals surface area contributed by atoms with E-state index in [0.717, 1.165) is 89.4 Å². The number of aliphatic hydroxyl groups is 1. The summed E-state index contributed by atoms with van der Waals surface area (Å²) < 4.78 is 0. The monoisotopic (exact) mass is 464 g/mol. The molecule has 4 fully saturated rings. The number of piperidine rings is 1. The van der Waals surface area contributed by atoms with Gasteiger partial charge in [0.1, 0.15) is 6.07 Å². The van der Waals surface area contributed by atoms with E-state index in [1.165, 1.54) is 0 Å². The Morgan fingerprint density at radius 3 is 2.56 bits per heavy atom. The van der Waals surface area contributed by atoms with E-state index in [4.69, 9.17) is 0 Å². The summed E-state index contributed by atoms with van der Waals surface area (Å²) in [4.78, 5) is 30.4. The van der Waals surface area contributed by atoms with Crippen molar-refractivity contribution in [3.63, 3.8) is 0 Å². The molecule has 2 amide bonds. The summed E-state index contributed by atoms with van der Waals surface area (Å²) in [7, 11) is 0. The Morgan fingerprint density at radius 2 is 1.82 bits per heavy atom. The third-order valence-electron chi connectivity index (χ3n) is 8.68. The molecule has 2 saturated carbocycles. The molecule has 1 aromatic carbocycles. The lowest BCUT2D eigenvalue weighted by Gasteiger charge is -2.41. The van der Waals surface area contributed by atoms with Gasteiger partial charge in [0.25, 0.3) is 0 Å². The first-order valence-corrected chi connectivity index (χ1v) is 13.1. The van der Waals surface area contributed by atoms with Crippen molar-refractivity contribution in [2.45, 2.75) is 82.8 Å². The lowest BCUT2D eigenvalue weighted by molar-refractivity contribution is -0.139. The summed E-state index contributed by atoms with van der Waals surface area (Å²) in [5.41, 5.74) is 1.69. The largest absolute Gasteiger partial charge is 0.393 e. The minimum atomic E-state index is -0.379. The van der Waals surface area contributed by atoms with Crippen LogP contribution in [0.4, 0.5) is 11.4 Å². The van der Waals surface area contributed by atoms with Crippen LogP contribution in [-0.4, -0.2) is 53.6 Å². The SMILES string of the molecule is N#Cc1cc(NC(=O)C2CCCC2)ccc1N1CCCC2(CCN(C3CCC(O)CC3)C2=O)C1. The fourth-order valence-electron chi connectivity index (χ4n) is 6.69. The van der Waals surface area contributed by atoms with Crippen LogP contribution in [0, 0.1) is 22.7 Å². The second-order valence-electron chi connectivity index (χ2n) is 10.8. The molecular formula is C27H36N4O3. The Morgan fingerprint density at radius 1 is 1.06 bits per heavy atom. The van der Waals surface area contributed by atoms with Gasteiger partial charge in [0.05, 0.1) is 22.8 Å². The quantitative estimate of drug-likeness (QED) is 0.706.